The van der Waals surface area contributed by atoms with E-state index in [0.29, 0.717) is 35.8 Å². The molecule has 0 radical (unpaired) electrons. The fourth-order valence-corrected chi connectivity index (χ4v) is 5.23. The van der Waals surface area contributed by atoms with Gasteiger partial charge in [0.25, 0.3) is 5.69 Å². The molecule has 1 fully saturated rings. The second-order valence-corrected chi connectivity index (χ2v) is 9.61. The molecule has 2 aromatic carbocycles. The molecule has 160 valence electrons. The molecule has 0 bridgehead atoms. The Morgan fingerprint density at radius 2 is 2.03 bits per heavy atom. The van der Waals surface area contributed by atoms with Crippen molar-refractivity contribution in [3.8, 4) is 0 Å². The summed E-state index contributed by atoms with van der Waals surface area (Å²) in [4.78, 5) is 23.1. The predicted molar refractivity (Wildman–Crippen MR) is 114 cm³/mol. The summed E-state index contributed by atoms with van der Waals surface area (Å²) < 4.78 is 27.4. The first-order chi connectivity index (χ1) is 14.2. The van der Waals surface area contributed by atoms with E-state index in [1.54, 1.807) is 25.1 Å². The van der Waals surface area contributed by atoms with E-state index in [0.717, 1.165) is 12.8 Å². The molecular formula is C21H25N3O5S. The molecule has 1 N–H and O–H groups in total. The first-order valence-electron chi connectivity index (χ1n) is 9.81. The van der Waals surface area contributed by atoms with E-state index in [1.165, 1.54) is 28.6 Å². The van der Waals surface area contributed by atoms with Crippen molar-refractivity contribution in [2.24, 2.45) is 5.92 Å². The summed E-state index contributed by atoms with van der Waals surface area (Å²) in [6, 6.07) is 10.4. The van der Waals surface area contributed by atoms with Gasteiger partial charge in [0.05, 0.1) is 16.4 Å². The minimum Gasteiger partial charge on any atom is -0.377 e. The lowest BCUT2D eigenvalue weighted by molar-refractivity contribution is -0.384. The third kappa shape index (κ3) is 4.85. The van der Waals surface area contributed by atoms with E-state index in [-0.39, 0.29) is 22.9 Å². The largest absolute Gasteiger partial charge is 0.377 e. The highest BCUT2D eigenvalue weighted by Crippen LogP contribution is 2.24. The van der Waals surface area contributed by atoms with E-state index in [9.17, 15) is 23.3 Å². The normalized spacial score (nSPS) is 17.5. The molecule has 1 atom stereocenters. The number of hydrogen-bond donors (Lipinski definition) is 1. The summed E-state index contributed by atoms with van der Waals surface area (Å²) in [6.45, 7) is 4.68. The van der Waals surface area contributed by atoms with Crippen LogP contribution < -0.4 is 5.32 Å². The van der Waals surface area contributed by atoms with E-state index in [1.807, 2.05) is 6.92 Å². The van der Waals surface area contributed by atoms with Crippen LogP contribution in [0.1, 0.15) is 35.7 Å². The number of sulfonamides is 1. The molecule has 9 heteroatoms. The minimum absolute atomic E-state index is 0.0192. The SMILES string of the molecule is Cc1cc([N+](=O)[O-])ccc1NCC(=O)c1cccc(S(=O)(=O)N2CCCC(C)C2)c1. The van der Waals surface area contributed by atoms with Gasteiger partial charge in [-0.3, -0.25) is 14.9 Å². The van der Waals surface area contributed by atoms with Crippen molar-refractivity contribution in [1.82, 2.24) is 4.31 Å². The number of piperidine rings is 1. The van der Waals surface area contributed by atoms with Gasteiger partial charge in [-0.2, -0.15) is 4.31 Å². The zero-order valence-corrected chi connectivity index (χ0v) is 17.8. The molecule has 3 rings (SSSR count). The lowest BCUT2D eigenvalue weighted by Gasteiger charge is -2.30. The number of aryl methyl sites for hydroxylation is 1. The van der Waals surface area contributed by atoms with Crippen LogP contribution in [-0.4, -0.2) is 43.1 Å². The van der Waals surface area contributed by atoms with Gasteiger partial charge in [-0.25, -0.2) is 8.42 Å². The van der Waals surface area contributed by atoms with Crippen LogP contribution >= 0.6 is 0 Å². The third-order valence-electron chi connectivity index (χ3n) is 5.27. The lowest BCUT2D eigenvalue weighted by Crippen LogP contribution is -2.39. The second-order valence-electron chi connectivity index (χ2n) is 7.67. The Morgan fingerprint density at radius 1 is 1.27 bits per heavy atom. The number of carbonyl (C=O) groups is 1. The van der Waals surface area contributed by atoms with Gasteiger partial charge in [0, 0.05) is 36.5 Å². The molecule has 0 saturated carbocycles. The van der Waals surface area contributed by atoms with Gasteiger partial charge in [-0.1, -0.05) is 19.1 Å². The van der Waals surface area contributed by atoms with Crippen molar-refractivity contribution in [3.05, 3.63) is 63.7 Å². The van der Waals surface area contributed by atoms with Crippen molar-refractivity contribution >= 4 is 27.2 Å². The highest BCUT2D eigenvalue weighted by atomic mass is 32.2. The van der Waals surface area contributed by atoms with Crippen LogP contribution in [0.2, 0.25) is 0 Å². The number of anilines is 1. The maximum atomic E-state index is 13.0. The van der Waals surface area contributed by atoms with Gasteiger partial charge in [0.15, 0.2) is 5.78 Å². The summed E-state index contributed by atoms with van der Waals surface area (Å²) in [7, 11) is -3.64. The monoisotopic (exact) mass is 431 g/mol. The molecule has 1 aliphatic heterocycles. The van der Waals surface area contributed by atoms with Gasteiger partial charge in [-0.15, -0.1) is 0 Å². The number of hydrogen-bond acceptors (Lipinski definition) is 6. The zero-order valence-electron chi connectivity index (χ0n) is 17.0. The average Bonchev–Trinajstić information content (AvgIpc) is 2.72. The summed E-state index contributed by atoms with van der Waals surface area (Å²) in [5, 5.41) is 13.8. The number of non-ortho nitro benzene ring substituents is 1. The molecule has 1 saturated heterocycles. The summed E-state index contributed by atoms with van der Waals surface area (Å²) in [6.07, 6.45) is 1.84. The molecule has 1 unspecified atom stereocenters. The predicted octanol–water partition coefficient (Wildman–Crippen LogP) is 3.62. The Balaban J connectivity index is 1.72. The highest BCUT2D eigenvalue weighted by molar-refractivity contribution is 7.89. The Hall–Kier alpha value is -2.78. The molecular weight excluding hydrogens is 406 g/mol. The number of ketones is 1. The van der Waals surface area contributed by atoms with E-state index < -0.39 is 14.9 Å². The Morgan fingerprint density at radius 3 is 2.70 bits per heavy atom. The molecule has 1 aliphatic rings. The Bertz CT molecular complexity index is 1070. The van der Waals surface area contributed by atoms with Gasteiger partial charge >= 0.3 is 0 Å². The van der Waals surface area contributed by atoms with Crippen LogP contribution in [0.15, 0.2) is 47.4 Å². The maximum absolute atomic E-state index is 13.0. The molecule has 0 aliphatic carbocycles. The first-order valence-corrected chi connectivity index (χ1v) is 11.2. The number of benzene rings is 2. The number of nitrogens with one attached hydrogen (secondary N) is 1. The van der Waals surface area contributed by atoms with E-state index in [2.05, 4.69) is 5.32 Å². The van der Waals surface area contributed by atoms with Crippen LogP contribution in [0.5, 0.6) is 0 Å². The van der Waals surface area contributed by atoms with Crippen LogP contribution in [-0.2, 0) is 10.0 Å². The van der Waals surface area contributed by atoms with Crippen molar-refractivity contribution in [2.45, 2.75) is 31.6 Å². The molecule has 0 aromatic heterocycles. The second kappa shape index (κ2) is 8.93. The standard InChI is InChI=1S/C21H25N3O5S/c1-15-5-4-10-23(14-15)30(28,29)19-7-3-6-17(12-19)21(25)13-22-20-9-8-18(24(26)27)11-16(20)2/h3,6-9,11-12,15,22H,4-5,10,13-14H2,1-2H3. The van der Waals surface area contributed by atoms with Gasteiger partial charge in [0.1, 0.15) is 0 Å². The van der Waals surface area contributed by atoms with Crippen molar-refractivity contribution < 1.29 is 18.1 Å². The highest BCUT2D eigenvalue weighted by Gasteiger charge is 2.29. The zero-order chi connectivity index (χ0) is 21.9. The number of nitro groups is 1. The van der Waals surface area contributed by atoms with E-state index >= 15 is 0 Å². The number of carbonyl (C=O) groups excluding carboxylic acids is 1. The van der Waals surface area contributed by atoms with Crippen LogP contribution in [0, 0.1) is 23.0 Å². The maximum Gasteiger partial charge on any atom is 0.269 e. The van der Waals surface area contributed by atoms with Crippen LogP contribution in [0.25, 0.3) is 0 Å². The Labute approximate surface area is 176 Å². The molecule has 1 heterocycles. The molecule has 2 aromatic rings. The number of rotatable bonds is 7. The van der Waals surface area contributed by atoms with E-state index in [4.69, 9.17) is 0 Å². The van der Waals surface area contributed by atoms with Crippen molar-refractivity contribution in [2.75, 3.05) is 25.0 Å². The van der Waals surface area contributed by atoms with Crippen molar-refractivity contribution in [1.29, 1.82) is 0 Å². The van der Waals surface area contributed by atoms with Crippen molar-refractivity contribution in [3.63, 3.8) is 0 Å². The quantitative estimate of drug-likeness (QED) is 0.407. The summed E-state index contributed by atoms with van der Waals surface area (Å²) >= 11 is 0. The van der Waals surface area contributed by atoms with Gasteiger partial charge in [0.2, 0.25) is 10.0 Å². The minimum atomic E-state index is -3.64. The van der Waals surface area contributed by atoms with Crippen LogP contribution in [0.3, 0.4) is 0 Å². The molecule has 8 nitrogen and oxygen atoms in total. The first kappa shape index (κ1) is 21.9. The summed E-state index contributed by atoms with van der Waals surface area (Å²) in [5.41, 5.74) is 1.54. The number of nitro benzene ring substituents is 1. The lowest BCUT2D eigenvalue weighted by atomic mass is 10.0. The molecule has 0 amide bonds. The Kier molecular flexibility index (Phi) is 6.52. The fraction of sp³-hybridized carbons (Fsp3) is 0.381. The van der Waals surface area contributed by atoms with Crippen LogP contribution in [0.4, 0.5) is 11.4 Å². The molecule has 0 spiro atoms. The summed E-state index contributed by atoms with van der Waals surface area (Å²) in [5.74, 6) is 0.0456. The smallest absolute Gasteiger partial charge is 0.269 e. The number of nitrogens with zero attached hydrogens (tertiary/aromatic N) is 2. The average molecular weight is 432 g/mol. The topological polar surface area (TPSA) is 110 Å². The van der Waals surface area contributed by atoms with Gasteiger partial charge in [-0.05, 0) is 49.4 Å². The third-order valence-corrected chi connectivity index (χ3v) is 7.13. The molecule has 30 heavy (non-hydrogen) atoms. The number of Topliss-reactive ketones (excluding diaryl/α,β-unsaturated/α-hetero) is 1. The fourth-order valence-electron chi connectivity index (χ4n) is 3.58. The van der Waals surface area contributed by atoms with Gasteiger partial charge < -0.3 is 5.32 Å².